The summed E-state index contributed by atoms with van der Waals surface area (Å²) in [6.45, 7) is 2.34. The van der Waals surface area contributed by atoms with E-state index >= 15 is 0 Å². The molecule has 5 heteroatoms. The van der Waals surface area contributed by atoms with E-state index in [4.69, 9.17) is 16.3 Å². The van der Waals surface area contributed by atoms with Gasteiger partial charge in [0, 0.05) is 12.1 Å². The molecule has 1 atom stereocenters. The standard InChI is InChI=1S/C28H33ClF2O2/c1-18(20-5-3-2-4-6-20)15-19-7-9-21(10-8-19)22-11-13-23(14-12-22)28(32)33-24-16-25(30)27(29)26(31)17-24/h2-6,16-19,21-23H,7-15H2,1H3/t18-,19?,21?,22?,23?/m1/s1. The van der Waals surface area contributed by atoms with Gasteiger partial charge in [-0.1, -0.05) is 61.7 Å². The Balaban J connectivity index is 1.21. The first-order valence-corrected chi connectivity index (χ1v) is 12.7. The molecule has 0 bridgehead atoms. The molecule has 178 valence electrons. The lowest BCUT2D eigenvalue weighted by molar-refractivity contribution is -0.140. The van der Waals surface area contributed by atoms with Crippen molar-refractivity contribution < 1.29 is 18.3 Å². The van der Waals surface area contributed by atoms with Crippen molar-refractivity contribution in [2.45, 2.75) is 70.6 Å². The van der Waals surface area contributed by atoms with E-state index in [1.54, 1.807) is 0 Å². The van der Waals surface area contributed by atoms with Crippen LogP contribution >= 0.6 is 11.6 Å². The van der Waals surface area contributed by atoms with Crippen molar-refractivity contribution in [3.05, 3.63) is 64.7 Å². The summed E-state index contributed by atoms with van der Waals surface area (Å²) in [6.07, 6.45) is 10.1. The van der Waals surface area contributed by atoms with Crippen molar-refractivity contribution >= 4 is 17.6 Å². The highest BCUT2D eigenvalue weighted by Gasteiger charge is 2.34. The summed E-state index contributed by atoms with van der Waals surface area (Å²) in [4.78, 5) is 12.5. The molecule has 0 aromatic heterocycles. The lowest BCUT2D eigenvalue weighted by Gasteiger charge is -2.38. The predicted molar refractivity (Wildman–Crippen MR) is 127 cm³/mol. The average Bonchev–Trinajstić information content (AvgIpc) is 2.83. The van der Waals surface area contributed by atoms with Gasteiger partial charge in [0.05, 0.1) is 5.92 Å². The van der Waals surface area contributed by atoms with Gasteiger partial charge in [-0.2, -0.15) is 0 Å². The predicted octanol–water partition coefficient (Wildman–Crippen LogP) is 8.33. The minimum atomic E-state index is -0.920. The molecule has 0 amide bonds. The maximum Gasteiger partial charge on any atom is 0.314 e. The molecule has 0 heterocycles. The van der Waals surface area contributed by atoms with Gasteiger partial charge in [-0.25, -0.2) is 8.78 Å². The van der Waals surface area contributed by atoms with Crippen LogP contribution < -0.4 is 4.74 Å². The van der Waals surface area contributed by atoms with Crippen molar-refractivity contribution in [2.75, 3.05) is 0 Å². The normalized spacial score (nSPS) is 26.5. The van der Waals surface area contributed by atoms with Gasteiger partial charge in [-0.05, 0) is 74.2 Å². The van der Waals surface area contributed by atoms with E-state index in [-0.39, 0.29) is 11.7 Å². The summed E-state index contributed by atoms with van der Waals surface area (Å²) >= 11 is 5.50. The number of benzene rings is 2. The third-order valence-corrected chi connectivity index (χ3v) is 8.26. The number of rotatable bonds is 6. The average molecular weight is 475 g/mol. The monoisotopic (exact) mass is 474 g/mol. The molecule has 2 aliphatic rings. The van der Waals surface area contributed by atoms with Crippen LogP contribution in [0.25, 0.3) is 0 Å². The van der Waals surface area contributed by atoms with Gasteiger partial charge in [0.25, 0.3) is 0 Å². The molecule has 33 heavy (non-hydrogen) atoms. The molecule has 2 nitrogen and oxygen atoms in total. The summed E-state index contributed by atoms with van der Waals surface area (Å²) in [5.74, 6) is 0.286. The molecule has 0 aliphatic heterocycles. The van der Waals surface area contributed by atoms with Crippen LogP contribution in [0.15, 0.2) is 42.5 Å². The second-order valence-electron chi connectivity index (χ2n) is 10.1. The third-order valence-electron chi connectivity index (χ3n) is 7.89. The molecule has 2 aliphatic carbocycles. The third kappa shape index (κ3) is 6.15. The van der Waals surface area contributed by atoms with E-state index in [0.29, 0.717) is 11.8 Å². The molecule has 0 spiro atoms. The molecule has 0 saturated heterocycles. The quantitative estimate of drug-likeness (QED) is 0.239. The van der Waals surface area contributed by atoms with Crippen molar-refractivity contribution in [1.29, 1.82) is 0 Å². The van der Waals surface area contributed by atoms with Gasteiger partial charge in [0.2, 0.25) is 0 Å². The van der Waals surface area contributed by atoms with Crippen LogP contribution in [-0.2, 0) is 4.79 Å². The number of carbonyl (C=O) groups is 1. The topological polar surface area (TPSA) is 26.3 Å². The molecule has 2 saturated carbocycles. The first kappa shape index (κ1) is 24.2. The van der Waals surface area contributed by atoms with Gasteiger partial charge in [0.1, 0.15) is 22.4 Å². The van der Waals surface area contributed by atoms with Crippen LogP contribution in [0.4, 0.5) is 8.78 Å². The van der Waals surface area contributed by atoms with Crippen LogP contribution in [-0.4, -0.2) is 5.97 Å². The lowest BCUT2D eigenvalue weighted by Crippen LogP contribution is -2.30. The fourth-order valence-electron chi connectivity index (χ4n) is 5.93. The number of esters is 1. The van der Waals surface area contributed by atoms with E-state index in [2.05, 4.69) is 37.3 Å². The van der Waals surface area contributed by atoms with Crippen molar-refractivity contribution in [2.24, 2.45) is 23.7 Å². The van der Waals surface area contributed by atoms with Gasteiger partial charge < -0.3 is 4.74 Å². The first-order chi connectivity index (χ1) is 15.9. The second kappa shape index (κ2) is 11.0. The number of hydrogen-bond acceptors (Lipinski definition) is 2. The Labute approximate surface area is 200 Å². The summed E-state index contributed by atoms with van der Waals surface area (Å²) in [7, 11) is 0. The summed E-state index contributed by atoms with van der Waals surface area (Å²) in [5.41, 5.74) is 1.44. The molecule has 0 unspecified atom stereocenters. The Morgan fingerprint density at radius 3 is 2.06 bits per heavy atom. The zero-order valence-corrected chi connectivity index (χ0v) is 20.0. The number of carbonyl (C=O) groups excluding carboxylic acids is 1. The highest BCUT2D eigenvalue weighted by atomic mass is 35.5. The molecule has 4 rings (SSSR count). The highest BCUT2D eigenvalue weighted by Crippen LogP contribution is 2.43. The van der Waals surface area contributed by atoms with Gasteiger partial charge in [-0.15, -0.1) is 0 Å². The molecule has 2 aromatic rings. The minimum absolute atomic E-state index is 0.121. The Hall–Kier alpha value is -1.94. The summed E-state index contributed by atoms with van der Waals surface area (Å²) in [5, 5.41) is -0.584. The Morgan fingerprint density at radius 2 is 1.48 bits per heavy atom. The highest BCUT2D eigenvalue weighted by molar-refractivity contribution is 6.30. The molecule has 2 aromatic carbocycles. The van der Waals surface area contributed by atoms with Crippen LogP contribution in [0.5, 0.6) is 5.75 Å². The van der Waals surface area contributed by atoms with Crippen molar-refractivity contribution in [3.8, 4) is 5.75 Å². The van der Waals surface area contributed by atoms with E-state index in [0.717, 1.165) is 49.7 Å². The smallest absolute Gasteiger partial charge is 0.314 e. The molecular weight excluding hydrogens is 442 g/mol. The number of hydrogen-bond donors (Lipinski definition) is 0. The fraction of sp³-hybridized carbons (Fsp3) is 0.536. The molecule has 0 N–H and O–H groups in total. The maximum absolute atomic E-state index is 13.6. The zero-order chi connectivity index (χ0) is 23.4. The maximum atomic E-state index is 13.6. The van der Waals surface area contributed by atoms with Crippen molar-refractivity contribution in [3.63, 3.8) is 0 Å². The number of ether oxygens (including phenoxy) is 1. The molecule has 0 radical (unpaired) electrons. The lowest BCUT2D eigenvalue weighted by atomic mass is 9.68. The van der Waals surface area contributed by atoms with E-state index in [1.165, 1.54) is 37.7 Å². The van der Waals surface area contributed by atoms with Crippen LogP contribution in [0, 0.1) is 35.3 Å². The van der Waals surface area contributed by atoms with E-state index < -0.39 is 22.6 Å². The van der Waals surface area contributed by atoms with Gasteiger partial charge in [0.15, 0.2) is 0 Å². The minimum Gasteiger partial charge on any atom is -0.426 e. The van der Waals surface area contributed by atoms with E-state index in [9.17, 15) is 13.6 Å². The Morgan fingerprint density at radius 1 is 0.939 bits per heavy atom. The van der Waals surface area contributed by atoms with Crippen molar-refractivity contribution in [1.82, 2.24) is 0 Å². The fourth-order valence-corrected chi connectivity index (χ4v) is 6.04. The Bertz CT molecular complexity index is 909. The first-order valence-electron chi connectivity index (χ1n) is 12.3. The van der Waals surface area contributed by atoms with E-state index in [1.807, 2.05) is 0 Å². The van der Waals surface area contributed by atoms with Crippen LogP contribution in [0.3, 0.4) is 0 Å². The molecular formula is C28H33ClF2O2. The Kier molecular flexibility index (Phi) is 8.06. The summed E-state index contributed by atoms with van der Waals surface area (Å²) < 4.78 is 32.5. The summed E-state index contributed by atoms with van der Waals surface area (Å²) in [6, 6.07) is 12.7. The van der Waals surface area contributed by atoms with Crippen LogP contribution in [0.2, 0.25) is 5.02 Å². The SMILES string of the molecule is C[C@H](CC1CCC(C2CCC(C(=O)Oc3cc(F)c(Cl)c(F)c3)CC2)CC1)c1ccccc1. The van der Waals surface area contributed by atoms with Gasteiger partial charge >= 0.3 is 5.97 Å². The number of halogens is 3. The molecule has 2 fully saturated rings. The van der Waals surface area contributed by atoms with Crippen LogP contribution in [0.1, 0.15) is 76.2 Å². The second-order valence-corrected chi connectivity index (χ2v) is 10.4. The van der Waals surface area contributed by atoms with Gasteiger partial charge in [-0.3, -0.25) is 4.79 Å². The largest absolute Gasteiger partial charge is 0.426 e. The zero-order valence-electron chi connectivity index (χ0n) is 19.2.